The fourth-order valence-electron chi connectivity index (χ4n) is 3.91. The predicted octanol–water partition coefficient (Wildman–Crippen LogP) is 6.55. The molecule has 0 fully saturated rings. The molecule has 3 aromatic rings. The number of carbonyl (C=O) groups is 2. The van der Waals surface area contributed by atoms with Crippen LogP contribution in [0.25, 0.3) is 17.3 Å². The Balaban J connectivity index is 1.56. The minimum atomic E-state index is -0.00459. The van der Waals surface area contributed by atoms with E-state index in [1.165, 1.54) is 11.8 Å². The van der Waals surface area contributed by atoms with E-state index in [2.05, 4.69) is 41.1 Å². The summed E-state index contributed by atoms with van der Waals surface area (Å²) in [4.78, 5) is 32.1. The highest BCUT2D eigenvalue weighted by Gasteiger charge is 2.12. The lowest BCUT2D eigenvalue weighted by atomic mass is 9.95. The molecule has 0 radical (unpaired) electrons. The van der Waals surface area contributed by atoms with Crippen LogP contribution in [0.1, 0.15) is 85.9 Å². The summed E-state index contributed by atoms with van der Waals surface area (Å²) in [5.41, 5.74) is 6.03. The minimum absolute atomic E-state index is 0.00459. The lowest BCUT2D eigenvalue weighted by Crippen LogP contribution is -2.02. The molecule has 0 unspecified atom stereocenters. The number of nitrogens with zero attached hydrogens (tertiary/aromatic N) is 2. The molecule has 0 aliphatic rings. The maximum Gasteiger partial charge on any atom is 0.184 e. The van der Waals surface area contributed by atoms with Crippen molar-refractivity contribution in [2.24, 2.45) is 5.92 Å². The van der Waals surface area contributed by atoms with Crippen molar-refractivity contribution < 1.29 is 14.1 Å². The van der Waals surface area contributed by atoms with Gasteiger partial charge >= 0.3 is 0 Å². The van der Waals surface area contributed by atoms with E-state index < -0.39 is 0 Å². The number of Topliss-reactive ketones (excluding diaryl/α,β-unsaturated/α-hetero) is 1. The second-order valence-corrected chi connectivity index (χ2v) is 9.08. The largest absolute Gasteiger partial charge is 0.364 e. The summed E-state index contributed by atoms with van der Waals surface area (Å²) in [5, 5.41) is 3.69. The normalized spacial score (nSPS) is 11.6. The molecule has 0 spiro atoms. The van der Waals surface area contributed by atoms with E-state index in [1.807, 2.05) is 26.1 Å². The van der Waals surface area contributed by atoms with E-state index in [1.54, 1.807) is 12.1 Å². The molecule has 0 bridgehead atoms. The van der Waals surface area contributed by atoms with Crippen LogP contribution in [0, 0.1) is 12.8 Å². The molecule has 180 valence electrons. The summed E-state index contributed by atoms with van der Waals surface area (Å²) in [7, 11) is 0. The minimum Gasteiger partial charge on any atom is -0.364 e. The van der Waals surface area contributed by atoms with Gasteiger partial charge in [0.2, 0.25) is 0 Å². The predicted molar refractivity (Wildman–Crippen MR) is 135 cm³/mol. The Morgan fingerprint density at radius 3 is 2.65 bits per heavy atom. The number of nitrogens with one attached hydrogen (secondary N) is 1. The van der Waals surface area contributed by atoms with Crippen LogP contribution in [0.3, 0.4) is 0 Å². The first-order chi connectivity index (χ1) is 16.4. The van der Waals surface area contributed by atoms with Crippen molar-refractivity contribution in [2.75, 3.05) is 0 Å². The van der Waals surface area contributed by atoms with E-state index >= 15 is 0 Å². The molecule has 1 aromatic carbocycles. The molecule has 2 aromatic heterocycles. The third kappa shape index (κ3) is 6.86. The molecule has 0 aliphatic heterocycles. The second kappa shape index (κ2) is 12.3. The monoisotopic (exact) mass is 461 g/mol. The average molecular weight is 462 g/mol. The maximum atomic E-state index is 12.0. The van der Waals surface area contributed by atoms with Crippen LogP contribution in [0.15, 0.2) is 41.3 Å². The standard InChI is InChI=1S/C28H35N3O3/c1-5-21-16-20(4)22(12-13-26(32)19(2)3)17-23(21)25-18-29-28(30-25)11-9-7-6-8-10-27(33)24-14-15-34-31-24/h12-19H,5-11H2,1-4H3,(H,29,30)/b13-12-. The van der Waals surface area contributed by atoms with E-state index in [9.17, 15) is 9.59 Å². The van der Waals surface area contributed by atoms with Gasteiger partial charge in [-0.2, -0.15) is 0 Å². The third-order valence-electron chi connectivity index (χ3n) is 6.08. The zero-order valence-corrected chi connectivity index (χ0v) is 20.7. The number of H-pyrrole nitrogens is 1. The van der Waals surface area contributed by atoms with Crippen LogP contribution in [0.2, 0.25) is 0 Å². The van der Waals surface area contributed by atoms with Crippen molar-refractivity contribution in [3.8, 4) is 11.3 Å². The number of aromatic nitrogens is 3. The number of rotatable bonds is 13. The van der Waals surface area contributed by atoms with E-state index in [-0.39, 0.29) is 17.5 Å². The number of ketones is 2. The Bertz CT molecular complexity index is 1120. The second-order valence-electron chi connectivity index (χ2n) is 9.08. The van der Waals surface area contributed by atoms with Gasteiger partial charge in [-0.3, -0.25) is 9.59 Å². The number of unbranched alkanes of at least 4 members (excludes halogenated alkanes) is 3. The van der Waals surface area contributed by atoms with Crippen LogP contribution in [-0.4, -0.2) is 26.7 Å². The Morgan fingerprint density at radius 2 is 1.94 bits per heavy atom. The SMILES string of the molecule is CCc1cc(C)c(/C=C\C(=O)C(C)C)cc1-c1cnc(CCCCCCC(=O)c2ccon2)[nH]1. The van der Waals surface area contributed by atoms with Gasteiger partial charge in [0.25, 0.3) is 0 Å². The quantitative estimate of drug-likeness (QED) is 0.177. The number of carbonyl (C=O) groups excluding carboxylic acids is 2. The van der Waals surface area contributed by atoms with Gasteiger partial charge in [-0.25, -0.2) is 4.98 Å². The van der Waals surface area contributed by atoms with Gasteiger partial charge in [0.1, 0.15) is 17.8 Å². The molecule has 0 aliphatic carbocycles. The molecule has 1 N–H and O–H groups in total. The fraction of sp³-hybridized carbons (Fsp3) is 0.429. The molecule has 0 saturated heterocycles. The van der Waals surface area contributed by atoms with Gasteiger partial charge in [0, 0.05) is 30.4 Å². The maximum absolute atomic E-state index is 12.0. The van der Waals surface area contributed by atoms with Crippen LogP contribution in [0.4, 0.5) is 0 Å². The molecule has 0 saturated carbocycles. The number of benzene rings is 1. The number of imidazole rings is 1. The van der Waals surface area contributed by atoms with Crippen LogP contribution >= 0.6 is 0 Å². The van der Waals surface area contributed by atoms with Crippen molar-refractivity contribution in [3.63, 3.8) is 0 Å². The van der Waals surface area contributed by atoms with Crippen LogP contribution < -0.4 is 0 Å². The van der Waals surface area contributed by atoms with Crippen molar-refractivity contribution in [1.29, 1.82) is 0 Å². The third-order valence-corrected chi connectivity index (χ3v) is 6.08. The van der Waals surface area contributed by atoms with Gasteiger partial charge in [-0.1, -0.05) is 50.9 Å². The summed E-state index contributed by atoms with van der Waals surface area (Å²) in [6.07, 6.45) is 13.2. The highest BCUT2D eigenvalue weighted by molar-refractivity contribution is 5.95. The van der Waals surface area contributed by atoms with E-state index in [4.69, 9.17) is 4.52 Å². The Hall–Kier alpha value is -3.28. The Morgan fingerprint density at radius 1 is 1.15 bits per heavy atom. The molecule has 34 heavy (non-hydrogen) atoms. The first kappa shape index (κ1) is 25.3. The van der Waals surface area contributed by atoms with Crippen molar-refractivity contribution in [2.45, 2.75) is 72.6 Å². The first-order valence-electron chi connectivity index (χ1n) is 12.2. The van der Waals surface area contributed by atoms with Crippen molar-refractivity contribution in [3.05, 3.63) is 64.9 Å². The average Bonchev–Trinajstić information content (AvgIpc) is 3.52. The summed E-state index contributed by atoms with van der Waals surface area (Å²) in [6, 6.07) is 5.97. The van der Waals surface area contributed by atoms with Gasteiger partial charge < -0.3 is 9.51 Å². The zero-order valence-electron chi connectivity index (χ0n) is 20.7. The molecule has 6 nitrogen and oxygen atoms in total. The number of hydrogen-bond acceptors (Lipinski definition) is 5. The van der Waals surface area contributed by atoms with Crippen molar-refractivity contribution in [1.82, 2.24) is 15.1 Å². The molecule has 2 heterocycles. The lowest BCUT2D eigenvalue weighted by molar-refractivity contribution is -0.117. The number of aryl methyl sites for hydroxylation is 3. The smallest absolute Gasteiger partial charge is 0.184 e. The van der Waals surface area contributed by atoms with Crippen LogP contribution in [0.5, 0.6) is 0 Å². The summed E-state index contributed by atoms with van der Waals surface area (Å²) in [6.45, 7) is 8.06. The van der Waals surface area contributed by atoms with E-state index in [0.717, 1.165) is 66.7 Å². The van der Waals surface area contributed by atoms with Crippen LogP contribution in [-0.2, 0) is 17.6 Å². The van der Waals surface area contributed by atoms with Gasteiger partial charge in [0.15, 0.2) is 11.6 Å². The molecule has 0 atom stereocenters. The van der Waals surface area contributed by atoms with Crippen molar-refractivity contribution >= 4 is 17.6 Å². The summed E-state index contributed by atoms with van der Waals surface area (Å²) in [5.74, 6) is 1.14. The highest BCUT2D eigenvalue weighted by atomic mass is 16.5. The summed E-state index contributed by atoms with van der Waals surface area (Å²) >= 11 is 0. The van der Waals surface area contributed by atoms with Gasteiger partial charge in [0.05, 0.1) is 11.9 Å². The molecular formula is C28H35N3O3. The lowest BCUT2D eigenvalue weighted by Gasteiger charge is -2.11. The molecule has 3 rings (SSSR count). The topological polar surface area (TPSA) is 88.8 Å². The van der Waals surface area contributed by atoms with Gasteiger partial charge in [-0.05, 0) is 55.0 Å². The molecule has 0 amide bonds. The highest BCUT2D eigenvalue weighted by Crippen LogP contribution is 2.27. The van der Waals surface area contributed by atoms with E-state index in [0.29, 0.717) is 12.1 Å². The summed E-state index contributed by atoms with van der Waals surface area (Å²) < 4.78 is 4.72. The number of hydrogen-bond donors (Lipinski definition) is 1. The molecular weight excluding hydrogens is 426 g/mol. The number of aromatic amines is 1. The molecule has 6 heteroatoms. The number of allylic oxidation sites excluding steroid dienone is 1. The van der Waals surface area contributed by atoms with Gasteiger partial charge in [-0.15, -0.1) is 0 Å². The Kier molecular flexibility index (Phi) is 9.14. The first-order valence-corrected chi connectivity index (χ1v) is 12.2. The zero-order chi connectivity index (χ0) is 24.5. The Labute approximate surface area is 201 Å². The fourth-order valence-corrected chi connectivity index (χ4v) is 3.91.